The molecule has 0 saturated carbocycles. The van der Waals surface area contributed by atoms with Crippen molar-refractivity contribution in [2.75, 3.05) is 6.54 Å². The average molecular weight is 359 g/mol. The number of fused-ring (bicyclic) bond motifs is 1. The predicted molar refractivity (Wildman–Crippen MR) is 102 cm³/mol. The van der Waals surface area contributed by atoms with E-state index >= 15 is 0 Å². The maximum absolute atomic E-state index is 12.9. The third-order valence-electron chi connectivity index (χ3n) is 5.29. The summed E-state index contributed by atoms with van der Waals surface area (Å²) in [5.41, 5.74) is 2.69. The number of aryl methyl sites for hydroxylation is 1. The Morgan fingerprint density at radius 1 is 1.38 bits per heavy atom. The van der Waals surface area contributed by atoms with Crippen LogP contribution >= 0.6 is 0 Å². The number of aromatic nitrogens is 2. The number of hydrogen-bond acceptors (Lipinski definition) is 5. The van der Waals surface area contributed by atoms with Gasteiger partial charge < -0.3 is 15.5 Å². The second-order valence-corrected chi connectivity index (χ2v) is 7.75. The molecule has 3 rings (SSSR count). The fourth-order valence-corrected chi connectivity index (χ4v) is 3.71. The largest absolute Gasteiger partial charge is 0.392 e. The maximum Gasteiger partial charge on any atom is 0.261 e. The summed E-state index contributed by atoms with van der Waals surface area (Å²) in [7, 11) is 0. The molecule has 1 fully saturated rings. The summed E-state index contributed by atoms with van der Waals surface area (Å²) in [5, 5.41) is 24.3. The van der Waals surface area contributed by atoms with Gasteiger partial charge in [-0.15, -0.1) is 0 Å². The first-order chi connectivity index (χ1) is 12.4. The molecule has 1 aliphatic heterocycles. The molecule has 26 heavy (non-hydrogen) atoms. The molecule has 0 radical (unpaired) electrons. The zero-order valence-corrected chi connectivity index (χ0v) is 15.8. The molecule has 0 unspecified atom stereocenters. The smallest absolute Gasteiger partial charge is 0.261 e. The predicted octanol–water partition coefficient (Wildman–Crippen LogP) is 1.69. The quantitative estimate of drug-likeness (QED) is 0.756. The van der Waals surface area contributed by atoms with Crippen LogP contribution in [0.25, 0.3) is 10.9 Å². The Bertz CT molecular complexity index is 831. The lowest BCUT2D eigenvalue weighted by Crippen LogP contribution is -2.47. The molecule has 6 heteroatoms. The molecule has 1 aromatic carbocycles. The van der Waals surface area contributed by atoms with E-state index in [1.807, 2.05) is 13.0 Å². The Morgan fingerprint density at radius 2 is 2.15 bits per heavy atom. The highest BCUT2D eigenvalue weighted by Gasteiger charge is 2.25. The van der Waals surface area contributed by atoms with Gasteiger partial charge in [0.2, 0.25) is 0 Å². The van der Waals surface area contributed by atoms with Gasteiger partial charge in [0.1, 0.15) is 0 Å². The van der Waals surface area contributed by atoms with Crippen LogP contribution in [-0.2, 0) is 6.54 Å². The van der Waals surface area contributed by atoms with Crippen molar-refractivity contribution >= 4 is 10.9 Å². The van der Waals surface area contributed by atoms with Crippen molar-refractivity contribution in [3.63, 3.8) is 0 Å². The molecule has 2 heterocycles. The van der Waals surface area contributed by atoms with Gasteiger partial charge in [-0.3, -0.25) is 9.36 Å². The second-order valence-electron chi connectivity index (χ2n) is 7.75. The Hall–Kier alpha value is -1.76. The van der Waals surface area contributed by atoms with Crippen LogP contribution in [0.3, 0.4) is 0 Å². The van der Waals surface area contributed by atoms with Crippen molar-refractivity contribution in [3.05, 3.63) is 39.9 Å². The van der Waals surface area contributed by atoms with E-state index in [-0.39, 0.29) is 18.1 Å². The van der Waals surface area contributed by atoms with E-state index < -0.39 is 12.2 Å². The first kappa shape index (κ1) is 19.0. The summed E-state index contributed by atoms with van der Waals surface area (Å²) in [6.45, 7) is 7.19. The van der Waals surface area contributed by atoms with Crippen molar-refractivity contribution in [3.8, 4) is 0 Å². The van der Waals surface area contributed by atoms with Gasteiger partial charge in [-0.1, -0.05) is 19.9 Å². The summed E-state index contributed by atoms with van der Waals surface area (Å²) >= 11 is 0. The molecule has 142 valence electrons. The van der Waals surface area contributed by atoms with E-state index in [0.29, 0.717) is 17.7 Å². The molecule has 0 spiro atoms. The van der Waals surface area contributed by atoms with Crippen molar-refractivity contribution in [1.82, 2.24) is 14.9 Å². The molecule has 0 amide bonds. The minimum absolute atomic E-state index is 0.127. The van der Waals surface area contributed by atoms with Crippen molar-refractivity contribution in [1.29, 1.82) is 0 Å². The van der Waals surface area contributed by atoms with Crippen LogP contribution in [0.1, 0.15) is 50.2 Å². The van der Waals surface area contributed by atoms with Gasteiger partial charge in [0.25, 0.3) is 5.56 Å². The number of benzene rings is 1. The number of piperidine rings is 1. The highest BCUT2D eigenvalue weighted by atomic mass is 16.3. The van der Waals surface area contributed by atoms with Gasteiger partial charge in [0, 0.05) is 6.04 Å². The van der Waals surface area contributed by atoms with Crippen molar-refractivity contribution in [2.24, 2.45) is 0 Å². The molecule has 1 aromatic heterocycles. The molecule has 2 aromatic rings. The normalized spacial score (nSPS) is 22.1. The van der Waals surface area contributed by atoms with E-state index in [0.717, 1.165) is 36.0 Å². The number of aliphatic hydroxyl groups is 2. The standard InChI is InChI=1S/C20H29N3O3/c1-12(2)14-7-13(3)19-16(8-14)20(26)23(11-22-19)10-15(24)9-17-18(25)5-4-6-21-17/h7-8,11-12,15,17-18,21,24-25H,4-6,9-10H2,1-3H3/t15-,17+,18-/m0/s1. The van der Waals surface area contributed by atoms with Crippen LogP contribution in [0.15, 0.2) is 23.3 Å². The van der Waals surface area contributed by atoms with Gasteiger partial charge >= 0.3 is 0 Å². The third-order valence-corrected chi connectivity index (χ3v) is 5.29. The lowest BCUT2D eigenvalue weighted by atomic mass is 9.96. The maximum atomic E-state index is 12.9. The van der Waals surface area contributed by atoms with E-state index in [1.165, 1.54) is 10.9 Å². The van der Waals surface area contributed by atoms with Crippen LogP contribution < -0.4 is 10.9 Å². The summed E-state index contributed by atoms with van der Waals surface area (Å²) < 4.78 is 1.48. The Balaban J connectivity index is 1.83. The number of rotatable bonds is 5. The zero-order chi connectivity index (χ0) is 18.8. The van der Waals surface area contributed by atoms with Gasteiger partial charge in [-0.05, 0) is 55.8 Å². The molecule has 0 bridgehead atoms. The molecule has 3 atom stereocenters. The van der Waals surface area contributed by atoms with Crippen molar-refractivity contribution < 1.29 is 10.2 Å². The number of hydrogen-bond donors (Lipinski definition) is 3. The van der Waals surface area contributed by atoms with E-state index in [9.17, 15) is 15.0 Å². The number of nitrogens with zero attached hydrogens (tertiary/aromatic N) is 2. The zero-order valence-electron chi connectivity index (χ0n) is 15.8. The van der Waals surface area contributed by atoms with Gasteiger partial charge in [0.15, 0.2) is 0 Å². The Morgan fingerprint density at radius 3 is 2.85 bits per heavy atom. The lowest BCUT2D eigenvalue weighted by Gasteiger charge is -2.30. The number of aliphatic hydroxyl groups excluding tert-OH is 2. The highest BCUT2D eigenvalue weighted by molar-refractivity contribution is 5.81. The average Bonchev–Trinajstić information content (AvgIpc) is 2.59. The summed E-state index contributed by atoms with van der Waals surface area (Å²) in [4.78, 5) is 17.3. The van der Waals surface area contributed by atoms with Gasteiger partial charge in [0.05, 0.1) is 36.0 Å². The Labute approximate surface area is 153 Å². The highest BCUT2D eigenvalue weighted by Crippen LogP contribution is 2.21. The SMILES string of the molecule is Cc1cc(C(C)C)cc2c(=O)n(C[C@@H](O)C[C@H]3NCCC[C@@H]3O)cnc12. The minimum Gasteiger partial charge on any atom is -0.392 e. The van der Waals surface area contributed by atoms with Gasteiger partial charge in [-0.2, -0.15) is 0 Å². The van der Waals surface area contributed by atoms with E-state index in [2.05, 4.69) is 30.2 Å². The van der Waals surface area contributed by atoms with Crippen LogP contribution in [0.4, 0.5) is 0 Å². The van der Waals surface area contributed by atoms with E-state index in [1.54, 1.807) is 0 Å². The lowest BCUT2D eigenvalue weighted by molar-refractivity contribution is 0.0539. The summed E-state index contributed by atoms with van der Waals surface area (Å²) in [6, 6.07) is 3.87. The topological polar surface area (TPSA) is 87.4 Å². The Kier molecular flexibility index (Phi) is 5.75. The fourth-order valence-electron chi connectivity index (χ4n) is 3.71. The molecule has 1 saturated heterocycles. The monoisotopic (exact) mass is 359 g/mol. The number of nitrogens with one attached hydrogen (secondary N) is 1. The minimum atomic E-state index is -0.716. The molecule has 3 N–H and O–H groups in total. The van der Waals surface area contributed by atoms with Gasteiger partial charge in [-0.25, -0.2) is 4.98 Å². The first-order valence-corrected chi connectivity index (χ1v) is 9.46. The first-order valence-electron chi connectivity index (χ1n) is 9.46. The van der Waals surface area contributed by atoms with Crippen LogP contribution in [-0.4, -0.2) is 44.6 Å². The summed E-state index contributed by atoms with van der Waals surface area (Å²) in [6.07, 6.45) is 2.46. The van der Waals surface area contributed by atoms with Crippen molar-refractivity contribution in [2.45, 2.75) is 70.7 Å². The summed E-state index contributed by atoms with van der Waals surface area (Å²) in [5.74, 6) is 0.329. The second kappa shape index (κ2) is 7.86. The fraction of sp³-hybridized carbons (Fsp3) is 0.600. The molecule has 6 nitrogen and oxygen atoms in total. The molecular formula is C20H29N3O3. The molecule has 0 aliphatic carbocycles. The van der Waals surface area contributed by atoms with Crippen LogP contribution in [0.5, 0.6) is 0 Å². The molecule has 1 aliphatic rings. The van der Waals surface area contributed by atoms with E-state index in [4.69, 9.17) is 0 Å². The molecular weight excluding hydrogens is 330 g/mol. The van der Waals surface area contributed by atoms with Crippen LogP contribution in [0, 0.1) is 6.92 Å². The third kappa shape index (κ3) is 3.98. The van der Waals surface area contributed by atoms with Crippen LogP contribution in [0.2, 0.25) is 0 Å².